The Balaban J connectivity index is 0.000000152. The highest BCUT2D eigenvalue weighted by Crippen LogP contribution is 2.32. The highest BCUT2D eigenvalue weighted by atomic mass is 16.5. The zero-order valence-corrected chi connectivity index (χ0v) is 33.8. The number of piperidine rings is 2. The van der Waals surface area contributed by atoms with E-state index in [1.54, 1.807) is 62.2 Å². The Labute approximate surface area is 339 Å². The minimum absolute atomic E-state index is 0.00725. The van der Waals surface area contributed by atoms with Crippen LogP contribution in [0.1, 0.15) is 37.8 Å². The molecule has 0 aliphatic carbocycles. The Morgan fingerprint density at radius 2 is 1.03 bits per heavy atom. The van der Waals surface area contributed by atoms with Crippen LogP contribution in [0.15, 0.2) is 82.9 Å². The Hall–Kier alpha value is -6.52. The van der Waals surface area contributed by atoms with Gasteiger partial charge < -0.3 is 19.7 Å². The Morgan fingerprint density at radius 3 is 1.46 bits per heavy atom. The predicted molar refractivity (Wildman–Crippen MR) is 227 cm³/mol. The number of aromatic nitrogens is 10. The second-order valence-electron chi connectivity index (χ2n) is 15.2. The van der Waals surface area contributed by atoms with E-state index in [4.69, 9.17) is 19.4 Å². The van der Waals surface area contributed by atoms with Crippen LogP contribution in [0, 0.1) is 0 Å². The first-order valence-corrected chi connectivity index (χ1v) is 19.9. The van der Waals surface area contributed by atoms with Gasteiger partial charge in [-0.05, 0) is 95.3 Å². The summed E-state index contributed by atoms with van der Waals surface area (Å²) in [5.41, 5.74) is 9.71. The number of nitrogens with one attached hydrogen (secondary N) is 1. The molecule has 0 amide bonds. The van der Waals surface area contributed by atoms with E-state index in [2.05, 4.69) is 37.2 Å². The number of pyridine rings is 6. The van der Waals surface area contributed by atoms with Crippen LogP contribution in [0.3, 0.4) is 0 Å². The van der Waals surface area contributed by atoms with Gasteiger partial charge in [0, 0.05) is 61.8 Å². The van der Waals surface area contributed by atoms with E-state index in [-0.39, 0.29) is 23.5 Å². The van der Waals surface area contributed by atoms with Gasteiger partial charge in [0.05, 0.1) is 71.1 Å². The standard InChI is InChI=1S/C22H24N6O2.C21H22N6O2/c1-26-10-8-15(9-11-26)28-21-18(27(2)22(28)29)13-23-17-6-5-16(25-20(17)21)14-4-7-19(30-3)24-12-14;1-26-17-12-23-16-5-4-15(13-3-6-18(29-2)24-11-13)25-19(16)20(17)27(21(26)28)14-7-9-22-10-8-14/h4-7,12-13,15H,8-11H2,1-3H3;3-6,11-12,14,22H,7-10H2,1-2H3. The monoisotopic (exact) mass is 794 g/mol. The zero-order chi connectivity index (χ0) is 40.8. The summed E-state index contributed by atoms with van der Waals surface area (Å²) in [7, 11) is 8.91. The highest BCUT2D eigenvalue weighted by molar-refractivity contribution is 6.01. The van der Waals surface area contributed by atoms with Crippen molar-refractivity contribution in [3.63, 3.8) is 0 Å². The third-order valence-electron chi connectivity index (χ3n) is 11.7. The third-order valence-corrected chi connectivity index (χ3v) is 11.7. The fourth-order valence-electron chi connectivity index (χ4n) is 8.40. The Kier molecular flexibility index (Phi) is 10.1. The number of nitrogens with zero attached hydrogens (tertiary/aromatic N) is 11. The quantitative estimate of drug-likeness (QED) is 0.243. The number of hydrogen-bond donors (Lipinski definition) is 1. The number of hydrogen-bond acceptors (Lipinski definition) is 12. The van der Waals surface area contributed by atoms with Gasteiger partial charge in [0.15, 0.2) is 0 Å². The maximum Gasteiger partial charge on any atom is 0.329 e. The van der Waals surface area contributed by atoms with Gasteiger partial charge in [0.25, 0.3) is 0 Å². The molecular formula is C43H46N12O4. The lowest BCUT2D eigenvalue weighted by molar-refractivity contribution is 0.221. The maximum absolute atomic E-state index is 13.2. The topological polar surface area (TPSA) is 165 Å². The van der Waals surface area contributed by atoms with E-state index in [0.29, 0.717) is 11.8 Å². The molecule has 1 N–H and O–H groups in total. The molecule has 0 aromatic carbocycles. The lowest BCUT2D eigenvalue weighted by Gasteiger charge is -2.29. The predicted octanol–water partition coefficient (Wildman–Crippen LogP) is 4.90. The summed E-state index contributed by atoms with van der Waals surface area (Å²) in [6.45, 7) is 3.78. The molecule has 8 aromatic heterocycles. The summed E-state index contributed by atoms with van der Waals surface area (Å²) in [4.78, 5) is 56.1. The van der Waals surface area contributed by atoms with Crippen molar-refractivity contribution in [3.05, 3.63) is 94.3 Å². The lowest BCUT2D eigenvalue weighted by Crippen LogP contribution is -2.35. The summed E-state index contributed by atoms with van der Waals surface area (Å²) < 4.78 is 17.5. The molecule has 302 valence electrons. The molecule has 2 fully saturated rings. The number of rotatable bonds is 6. The van der Waals surface area contributed by atoms with Crippen LogP contribution in [0.5, 0.6) is 11.8 Å². The van der Waals surface area contributed by atoms with Gasteiger partial charge in [-0.1, -0.05) is 0 Å². The summed E-state index contributed by atoms with van der Waals surface area (Å²) in [6, 6.07) is 15.6. The number of fused-ring (bicyclic) bond motifs is 6. The van der Waals surface area contributed by atoms with Crippen molar-refractivity contribution in [1.29, 1.82) is 0 Å². The fraction of sp³-hybridized carbons (Fsp3) is 0.349. The summed E-state index contributed by atoms with van der Waals surface area (Å²) >= 11 is 0. The first kappa shape index (κ1) is 38.0. The van der Waals surface area contributed by atoms with Crippen LogP contribution in [-0.4, -0.2) is 101 Å². The van der Waals surface area contributed by atoms with Crippen LogP contribution in [0.4, 0.5) is 0 Å². The molecule has 10 rings (SSSR count). The number of ether oxygens (including phenoxy) is 2. The molecule has 0 saturated carbocycles. The summed E-state index contributed by atoms with van der Waals surface area (Å²) in [6.07, 6.45) is 10.8. The van der Waals surface area contributed by atoms with Crippen molar-refractivity contribution in [1.82, 2.24) is 58.4 Å². The first-order chi connectivity index (χ1) is 28.7. The van der Waals surface area contributed by atoms with Crippen LogP contribution in [-0.2, 0) is 14.1 Å². The van der Waals surface area contributed by atoms with Crippen LogP contribution in [0.25, 0.3) is 66.6 Å². The van der Waals surface area contributed by atoms with Crippen molar-refractivity contribution < 1.29 is 9.47 Å². The van der Waals surface area contributed by atoms with E-state index >= 15 is 0 Å². The van der Waals surface area contributed by atoms with Gasteiger partial charge in [-0.2, -0.15) is 0 Å². The van der Waals surface area contributed by atoms with Crippen molar-refractivity contribution in [2.75, 3.05) is 47.4 Å². The van der Waals surface area contributed by atoms with E-state index in [1.807, 2.05) is 57.7 Å². The molecule has 2 aliphatic rings. The molecule has 16 nitrogen and oxygen atoms in total. The smallest absolute Gasteiger partial charge is 0.329 e. The SMILES string of the molecule is COc1ccc(-c2ccc3ncc4c(c3n2)n(C2CCN(C)CC2)c(=O)n4C)cn1.COc1ccc(-c2ccc3ncc4c(c3n2)n(C2CCNCC2)c(=O)n4C)cn1. The summed E-state index contributed by atoms with van der Waals surface area (Å²) in [5.74, 6) is 1.11. The van der Waals surface area contributed by atoms with Gasteiger partial charge in [-0.25, -0.2) is 29.5 Å². The first-order valence-electron chi connectivity index (χ1n) is 19.9. The Morgan fingerprint density at radius 1 is 0.576 bits per heavy atom. The molecule has 10 heterocycles. The number of methoxy groups -OCH3 is 2. The van der Waals surface area contributed by atoms with Gasteiger partial charge in [-0.3, -0.25) is 28.2 Å². The molecule has 8 aromatic rings. The lowest BCUT2D eigenvalue weighted by atomic mass is 10.1. The van der Waals surface area contributed by atoms with E-state index in [0.717, 1.165) is 119 Å². The second-order valence-corrected chi connectivity index (χ2v) is 15.2. The van der Waals surface area contributed by atoms with Crippen LogP contribution in [0.2, 0.25) is 0 Å². The van der Waals surface area contributed by atoms with E-state index < -0.39 is 0 Å². The minimum atomic E-state index is -0.0143. The minimum Gasteiger partial charge on any atom is -0.481 e. The van der Waals surface area contributed by atoms with Crippen molar-refractivity contribution in [3.8, 4) is 34.3 Å². The highest BCUT2D eigenvalue weighted by Gasteiger charge is 2.26. The zero-order valence-electron chi connectivity index (χ0n) is 33.8. The van der Waals surface area contributed by atoms with Crippen molar-refractivity contribution >= 4 is 44.1 Å². The number of likely N-dealkylation sites (tertiary alicyclic amines) is 1. The maximum atomic E-state index is 13.2. The molecule has 2 saturated heterocycles. The van der Waals surface area contributed by atoms with Crippen LogP contribution >= 0.6 is 0 Å². The molecule has 0 atom stereocenters. The average molecular weight is 795 g/mol. The average Bonchev–Trinajstić information content (AvgIpc) is 3.71. The Bertz CT molecular complexity index is 2940. The molecular weight excluding hydrogens is 749 g/mol. The van der Waals surface area contributed by atoms with Crippen molar-refractivity contribution in [2.45, 2.75) is 37.8 Å². The molecule has 16 heteroatoms. The molecule has 0 spiro atoms. The third kappa shape index (κ3) is 6.87. The molecule has 0 bridgehead atoms. The largest absolute Gasteiger partial charge is 0.481 e. The van der Waals surface area contributed by atoms with Gasteiger partial charge in [-0.15, -0.1) is 0 Å². The molecule has 2 aliphatic heterocycles. The summed E-state index contributed by atoms with van der Waals surface area (Å²) in [5, 5.41) is 3.37. The van der Waals surface area contributed by atoms with Crippen LogP contribution < -0.4 is 26.2 Å². The van der Waals surface area contributed by atoms with Gasteiger partial charge in [0.1, 0.15) is 11.0 Å². The van der Waals surface area contributed by atoms with E-state index in [9.17, 15) is 9.59 Å². The normalized spacial score (nSPS) is 15.5. The molecule has 0 radical (unpaired) electrons. The number of aryl methyl sites for hydroxylation is 2. The van der Waals surface area contributed by atoms with Crippen molar-refractivity contribution in [2.24, 2.45) is 14.1 Å². The fourth-order valence-corrected chi connectivity index (χ4v) is 8.40. The molecule has 59 heavy (non-hydrogen) atoms. The number of imidazole rings is 2. The van der Waals surface area contributed by atoms with Gasteiger partial charge >= 0.3 is 11.4 Å². The van der Waals surface area contributed by atoms with E-state index in [1.165, 1.54) is 0 Å². The van der Waals surface area contributed by atoms with Gasteiger partial charge in [0.2, 0.25) is 11.8 Å². The molecule has 0 unspecified atom stereocenters. The second kappa shape index (κ2) is 15.7.